The Morgan fingerprint density at radius 1 is 1.14 bits per heavy atom. The van der Waals surface area contributed by atoms with Gasteiger partial charge in [-0.1, -0.05) is 29.8 Å². The molecule has 0 N–H and O–H groups in total. The maximum atomic E-state index is 12.6. The van der Waals surface area contributed by atoms with Gasteiger partial charge in [0.1, 0.15) is 5.69 Å². The quantitative estimate of drug-likeness (QED) is 0.868. The first kappa shape index (κ1) is 15.4. The van der Waals surface area contributed by atoms with Crippen LogP contribution in [0.15, 0.2) is 35.2 Å². The molecule has 0 spiro atoms. The van der Waals surface area contributed by atoms with Crippen LogP contribution in [0.4, 0.5) is 0 Å². The molecule has 2 rings (SSSR count). The zero-order chi connectivity index (χ0) is 15.6. The molecule has 0 fully saturated rings. The van der Waals surface area contributed by atoms with Crippen LogP contribution in [-0.2, 0) is 9.84 Å². The van der Waals surface area contributed by atoms with E-state index >= 15 is 0 Å². The summed E-state index contributed by atoms with van der Waals surface area (Å²) >= 11 is 5.98. The first-order chi connectivity index (χ1) is 9.87. The number of halogens is 1. The maximum absolute atomic E-state index is 12.6. The monoisotopic (exact) mass is 321 g/mol. The van der Waals surface area contributed by atoms with Crippen LogP contribution in [0.25, 0.3) is 0 Å². The molecular formula is C14H12ClN3O2S. The number of nitriles is 1. The minimum Gasteiger partial charge on any atom is -0.251 e. The molecule has 0 radical (unpaired) electrons. The normalized spacial score (nSPS) is 12.7. The predicted octanol–water partition coefficient (Wildman–Crippen LogP) is 2.79. The zero-order valence-corrected chi connectivity index (χ0v) is 13.0. The van der Waals surface area contributed by atoms with Crippen molar-refractivity contribution < 1.29 is 8.42 Å². The fraction of sp³-hybridized carbons (Fsp3) is 0.214. The molecule has 7 heteroatoms. The summed E-state index contributed by atoms with van der Waals surface area (Å²) in [7, 11) is -3.90. The van der Waals surface area contributed by atoms with Crippen molar-refractivity contribution in [2.45, 2.75) is 24.0 Å². The van der Waals surface area contributed by atoms with Crippen LogP contribution in [0, 0.1) is 25.2 Å². The molecular weight excluding hydrogens is 310 g/mol. The van der Waals surface area contributed by atoms with Crippen molar-refractivity contribution in [3.05, 3.63) is 52.6 Å². The lowest BCUT2D eigenvalue weighted by molar-refractivity contribution is 0.590. The van der Waals surface area contributed by atoms with Crippen LogP contribution in [0.3, 0.4) is 0 Å². The first-order valence-corrected chi connectivity index (χ1v) is 7.99. The van der Waals surface area contributed by atoms with Gasteiger partial charge in [0.2, 0.25) is 9.84 Å². The number of nitrogens with zero attached hydrogens (tertiary/aromatic N) is 3. The number of hydrogen-bond acceptors (Lipinski definition) is 5. The summed E-state index contributed by atoms with van der Waals surface area (Å²) in [5.74, 6) is 0. The molecule has 0 aliphatic rings. The highest BCUT2D eigenvalue weighted by atomic mass is 35.5. The Balaban J connectivity index is 2.61. The number of rotatable bonds is 3. The van der Waals surface area contributed by atoms with Crippen LogP contribution in [0.2, 0.25) is 5.15 Å². The minimum absolute atomic E-state index is 0.0360. The van der Waals surface area contributed by atoms with Gasteiger partial charge >= 0.3 is 0 Å². The van der Waals surface area contributed by atoms with Crippen LogP contribution >= 0.6 is 11.6 Å². The van der Waals surface area contributed by atoms with Gasteiger partial charge in [0.25, 0.3) is 0 Å². The largest absolute Gasteiger partial charge is 0.251 e. The molecule has 21 heavy (non-hydrogen) atoms. The fourth-order valence-corrected chi connectivity index (χ4v) is 3.53. The summed E-state index contributed by atoms with van der Waals surface area (Å²) in [6.45, 7) is 3.40. The van der Waals surface area contributed by atoms with Crippen molar-refractivity contribution in [2.75, 3.05) is 0 Å². The standard InChI is InChI=1S/C14H12ClN3O2S/c1-9-10(2)18-14(15)13(17-9)12(8-16)21(19,20)11-6-4-3-5-7-11/h3-7,12H,1-2H3. The van der Waals surface area contributed by atoms with Crippen LogP contribution in [-0.4, -0.2) is 18.4 Å². The molecule has 1 aromatic carbocycles. The van der Waals surface area contributed by atoms with Gasteiger partial charge in [0.15, 0.2) is 10.4 Å². The second-order valence-corrected chi connectivity index (χ2v) is 6.83. The van der Waals surface area contributed by atoms with Gasteiger partial charge in [-0.05, 0) is 26.0 Å². The second-order valence-electron chi connectivity index (χ2n) is 4.44. The van der Waals surface area contributed by atoms with Crippen molar-refractivity contribution in [1.82, 2.24) is 9.97 Å². The van der Waals surface area contributed by atoms with Crippen molar-refractivity contribution in [3.8, 4) is 6.07 Å². The summed E-state index contributed by atoms with van der Waals surface area (Å²) in [5, 5.41) is 7.75. The highest BCUT2D eigenvalue weighted by molar-refractivity contribution is 7.92. The number of aromatic nitrogens is 2. The van der Waals surface area contributed by atoms with Crippen molar-refractivity contribution in [2.24, 2.45) is 0 Å². The number of benzene rings is 1. The molecule has 1 aromatic heterocycles. The third kappa shape index (κ3) is 2.89. The Bertz CT molecular complexity index is 814. The summed E-state index contributed by atoms with van der Waals surface area (Å²) in [6, 6.07) is 9.52. The molecule has 5 nitrogen and oxygen atoms in total. The Labute approximate surface area is 128 Å². The van der Waals surface area contributed by atoms with E-state index in [0.29, 0.717) is 11.4 Å². The van der Waals surface area contributed by atoms with E-state index < -0.39 is 15.1 Å². The van der Waals surface area contributed by atoms with E-state index in [1.165, 1.54) is 12.1 Å². The number of sulfone groups is 1. The van der Waals surface area contributed by atoms with Crippen LogP contribution in [0.1, 0.15) is 22.3 Å². The molecule has 0 saturated carbocycles. The summed E-state index contributed by atoms with van der Waals surface area (Å²) in [4.78, 5) is 8.22. The average Bonchev–Trinajstić information content (AvgIpc) is 2.46. The van der Waals surface area contributed by atoms with Gasteiger partial charge in [-0.2, -0.15) is 5.26 Å². The molecule has 0 bridgehead atoms. The minimum atomic E-state index is -3.90. The number of hydrogen-bond donors (Lipinski definition) is 0. The zero-order valence-electron chi connectivity index (χ0n) is 11.4. The Kier molecular flexibility index (Phi) is 4.26. The molecule has 0 saturated heterocycles. The molecule has 108 valence electrons. The second kappa shape index (κ2) is 5.80. The van der Waals surface area contributed by atoms with Gasteiger partial charge in [-0.3, -0.25) is 4.98 Å². The van der Waals surface area contributed by atoms with E-state index in [4.69, 9.17) is 11.6 Å². The van der Waals surface area contributed by atoms with Crippen molar-refractivity contribution >= 4 is 21.4 Å². The lowest BCUT2D eigenvalue weighted by Crippen LogP contribution is -2.15. The SMILES string of the molecule is Cc1nc(Cl)c(C(C#N)S(=O)(=O)c2ccccc2)nc1C. The van der Waals surface area contributed by atoms with E-state index in [-0.39, 0.29) is 15.7 Å². The molecule has 1 heterocycles. The highest BCUT2D eigenvalue weighted by Crippen LogP contribution is 2.31. The molecule has 0 amide bonds. The lowest BCUT2D eigenvalue weighted by Gasteiger charge is -2.13. The topological polar surface area (TPSA) is 83.7 Å². The average molecular weight is 322 g/mol. The van der Waals surface area contributed by atoms with Gasteiger partial charge in [0, 0.05) is 0 Å². The van der Waals surface area contributed by atoms with E-state index in [9.17, 15) is 13.7 Å². The number of aryl methyl sites for hydroxylation is 2. The smallest absolute Gasteiger partial charge is 0.200 e. The Morgan fingerprint density at radius 2 is 1.71 bits per heavy atom. The third-order valence-corrected chi connectivity index (χ3v) is 5.19. The highest BCUT2D eigenvalue weighted by Gasteiger charge is 2.33. The molecule has 1 atom stereocenters. The summed E-state index contributed by atoms with van der Waals surface area (Å²) < 4.78 is 25.1. The van der Waals surface area contributed by atoms with Crippen molar-refractivity contribution in [1.29, 1.82) is 5.26 Å². The summed E-state index contributed by atoms with van der Waals surface area (Å²) in [5.41, 5.74) is 1.10. The molecule has 0 aliphatic heterocycles. The van der Waals surface area contributed by atoms with Gasteiger partial charge in [0.05, 0.1) is 22.4 Å². The van der Waals surface area contributed by atoms with Crippen molar-refractivity contribution in [3.63, 3.8) is 0 Å². The molecule has 0 aliphatic carbocycles. The summed E-state index contributed by atoms with van der Waals surface area (Å²) in [6.07, 6.45) is 0. The predicted molar refractivity (Wildman–Crippen MR) is 78.5 cm³/mol. The van der Waals surface area contributed by atoms with E-state index in [0.717, 1.165) is 0 Å². The Hall–Kier alpha value is -1.97. The van der Waals surface area contributed by atoms with E-state index in [1.807, 2.05) is 0 Å². The maximum Gasteiger partial charge on any atom is 0.200 e. The molecule has 1 unspecified atom stereocenters. The van der Waals surface area contributed by atoms with E-state index in [2.05, 4.69) is 9.97 Å². The third-order valence-electron chi connectivity index (χ3n) is 3.04. The van der Waals surface area contributed by atoms with Gasteiger partial charge in [-0.25, -0.2) is 13.4 Å². The fourth-order valence-electron chi connectivity index (χ4n) is 1.78. The van der Waals surface area contributed by atoms with Gasteiger partial charge in [-0.15, -0.1) is 0 Å². The van der Waals surface area contributed by atoms with Gasteiger partial charge < -0.3 is 0 Å². The lowest BCUT2D eigenvalue weighted by atomic mass is 10.3. The van der Waals surface area contributed by atoms with Crippen LogP contribution < -0.4 is 0 Å². The Morgan fingerprint density at radius 3 is 2.29 bits per heavy atom. The first-order valence-electron chi connectivity index (χ1n) is 6.07. The van der Waals surface area contributed by atoms with E-state index in [1.54, 1.807) is 38.1 Å². The van der Waals surface area contributed by atoms with Crippen LogP contribution in [0.5, 0.6) is 0 Å². The molecule has 2 aromatic rings.